The second-order valence-electron chi connectivity index (χ2n) is 5.42. The summed E-state index contributed by atoms with van der Waals surface area (Å²) in [7, 11) is -3.66. The molecule has 0 unspecified atom stereocenters. The fourth-order valence-corrected chi connectivity index (χ4v) is 5.51. The SMILES string of the molecule is O=Cc1ccc(S(=O)(=O)c2cccc3sc4ccccc4c23)cc1. The van der Waals surface area contributed by atoms with Crippen LogP contribution in [0.2, 0.25) is 0 Å². The Hall–Kier alpha value is -2.50. The minimum atomic E-state index is -3.66. The Morgan fingerprint density at radius 2 is 1.50 bits per heavy atom. The summed E-state index contributed by atoms with van der Waals surface area (Å²) in [5, 5.41) is 1.71. The van der Waals surface area contributed by atoms with E-state index in [1.807, 2.05) is 30.3 Å². The first-order chi connectivity index (χ1) is 11.6. The maximum atomic E-state index is 13.1. The second-order valence-corrected chi connectivity index (χ2v) is 8.42. The highest BCUT2D eigenvalue weighted by Crippen LogP contribution is 2.39. The van der Waals surface area contributed by atoms with E-state index in [1.165, 1.54) is 24.3 Å². The van der Waals surface area contributed by atoms with Gasteiger partial charge in [0.2, 0.25) is 9.84 Å². The van der Waals surface area contributed by atoms with Crippen molar-refractivity contribution in [2.24, 2.45) is 0 Å². The highest BCUT2D eigenvalue weighted by atomic mass is 32.2. The first-order valence-electron chi connectivity index (χ1n) is 7.32. The third-order valence-electron chi connectivity index (χ3n) is 3.98. The molecular weight excluding hydrogens is 340 g/mol. The van der Waals surface area contributed by atoms with E-state index in [4.69, 9.17) is 0 Å². The lowest BCUT2D eigenvalue weighted by molar-refractivity contribution is 0.112. The fourth-order valence-electron chi connectivity index (χ4n) is 2.82. The predicted molar refractivity (Wildman–Crippen MR) is 96.6 cm³/mol. The molecule has 1 aromatic heterocycles. The molecule has 1 heterocycles. The van der Waals surface area contributed by atoms with E-state index in [1.54, 1.807) is 23.5 Å². The maximum absolute atomic E-state index is 13.1. The summed E-state index contributed by atoms with van der Waals surface area (Å²) in [6.07, 6.45) is 0.698. The largest absolute Gasteiger partial charge is 0.298 e. The van der Waals surface area contributed by atoms with Gasteiger partial charge in [0.1, 0.15) is 6.29 Å². The van der Waals surface area contributed by atoms with Crippen LogP contribution in [0.25, 0.3) is 20.2 Å². The number of sulfone groups is 1. The normalized spacial score (nSPS) is 11.8. The van der Waals surface area contributed by atoms with E-state index < -0.39 is 9.84 Å². The van der Waals surface area contributed by atoms with E-state index >= 15 is 0 Å². The van der Waals surface area contributed by atoms with E-state index in [0.717, 1.165) is 20.2 Å². The van der Waals surface area contributed by atoms with Gasteiger partial charge in [0.25, 0.3) is 0 Å². The number of fused-ring (bicyclic) bond motifs is 3. The van der Waals surface area contributed by atoms with Crippen LogP contribution in [0.5, 0.6) is 0 Å². The number of benzene rings is 3. The average Bonchev–Trinajstić information content (AvgIpc) is 3.00. The number of aldehydes is 1. The highest BCUT2D eigenvalue weighted by molar-refractivity contribution is 7.91. The minimum Gasteiger partial charge on any atom is -0.298 e. The van der Waals surface area contributed by atoms with Gasteiger partial charge in [-0.25, -0.2) is 8.42 Å². The standard InChI is InChI=1S/C19H12O3S2/c20-12-13-8-10-14(11-9-13)24(21,22)18-7-3-6-17-19(18)15-4-1-2-5-16(15)23-17/h1-12H. The molecular formula is C19H12O3S2. The van der Waals surface area contributed by atoms with E-state index in [9.17, 15) is 13.2 Å². The molecule has 5 heteroatoms. The molecule has 0 atom stereocenters. The van der Waals surface area contributed by atoms with Crippen LogP contribution in [-0.2, 0) is 9.84 Å². The van der Waals surface area contributed by atoms with Crippen LogP contribution in [0.3, 0.4) is 0 Å². The van der Waals surface area contributed by atoms with Crippen molar-refractivity contribution in [3.8, 4) is 0 Å². The lowest BCUT2D eigenvalue weighted by Gasteiger charge is -2.07. The van der Waals surface area contributed by atoms with Gasteiger partial charge in [-0.2, -0.15) is 0 Å². The van der Waals surface area contributed by atoms with Crippen molar-refractivity contribution < 1.29 is 13.2 Å². The molecule has 3 aromatic carbocycles. The summed E-state index contributed by atoms with van der Waals surface area (Å²) in [4.78, 5) is 11.3. The summed E-state index contributed by atoms with van der Waals surface area (Å²) in [5.74, 6) is 0. The molecule has 0 aliphatic heterocycles. The molecule has 0 saturated carbocycles. The molecule has 0 aliphatic carbocycles. The van der Waals surface area contributed by atoms with Crippen LogP contribution in [0, 0.1) is 0 Å². The number of thiophene rings is 1. The Labute approximate surface area is 143 Å². The predicted octanol–water partition coefficient (Wildman–Crippen LogP) is 4.70. The summed E-state index contributed by atoms with van der Waals surface area (Å²) in [6.45, 7) is 0. The first-order valence-corrected chi connectivity index (χ1v) is 9.62. The molecule has 0 radical (unpaired) electrons. The van der Waals surface area contributed by atoms with E-state index in [0.29, 0.717) is 16.7 Å². The number of hydrogen-bond donors (Lipinski definition) is 0. The van der Waals surface area contributed by atoms with Gasteiger partial charge in [0.15, 0.2) is 0 Å². The number of hydrogen-bond acceptors (Lipinski definition) is 4. The van der Waals surface area contributed by atoms with Gasteiger partial charge in [-0.3, -0.25) is 4.79 Å². The third-order valence-corrected chi connectivity index (χ3v) is 6.93. The zero-order valence-electron chi connectivity index (χ0n) is 12.5. The van der Waals surface area contributed by atoms with Gasteiger partial charge in [0, 0.05) is 25.7 Å². The second kappa shape index (κ2) is 5.54. The summed E-state index contributed by atoms with van der Waals surface area (Å²) in [5.41, 5.74) is 0.452. The maximum Gasteiger partial charge on any atom is 0.207 e. The van der Waals surface area contributed by atoms with Crippen molar-refractivity contribution in [1.29, 1.82) is 0 Å². The molecule has 4 rings (SSSR count). The topological polar surface area (TPSA) is 51.2 Å². The van der Waals surface area contributed by atoms with Gasteiger partial charge in [-0.05, 0) is 30.3 Å². The molecule has 0 saturated heterocycles. The Morgan fingerprint density at radius 3 is 2.25 bits per heavy atom. The van der Waals surface area contributed by atoms with Crippen molar-refractivity contribution in [2.45, 2.75) is 9.79 Å². The summed E-state index contributed by atoms with van der Waals surface area (Å²) < 4.78 is 28.2. The third kappa shape index (κ3) is 2.25. The molecule has 0 spiro atoms. The monoisotopic (exact) mass is 352 g/mol. The first kappa shape index (κ1) is 15.1. The molecule has 0 amide bonds. The van der Waals surface area contributed by atoms with Gasteiger partial charge in [-0.1, -0.05) is 36.4 Å². The van der Waals surface area contributed by atoms with Gasteiger partial charge < -0.3 is 0 Å². The molecule has 24 heavy (non-hydrogen) atoms. The number of carbonyl (C=O) groups excluding carboxylic acids is 1. The molecule has 3 nitrogen and oxygen atoms in total. The number of rotatable bonds is 3. The van der Waals surface area contributed by atoms with Crippen LogP contribution in [0.1, 0.15) is 10.4 Å². The molecule has 4 aromatic rings. The Morgan fingerprint density at radius 1 is 0.792 bits per heavy atom. The quantitative estimate of drug-likeness (QED) is 0.502. The fraction of sp³-hybridized carbons (Fsp3) is 0. The van der Waals surface area contributed by atoms with Crippen molar-refractivity contribution in [3.63, 3.8) is 0 Å². The molecule has 118 valence electrons. The molecule has 0 bridgehead atoms. The Kier molecular flexibility index (Phi) is 3.48. The number of carbonyl (C=O) groups is 1. The zero-order valence-corrected chi connectivity index (χ0v) is 14.1. The smallest absolute Gasteiger partial charge is 0.207 e. The van der Waals surface area contributed by atoms with Gasteiger partial charge in [-0.15, -0.1) is 11.3 Å². The van der Waals surface area contributed by atoms with Crippen LogP contribution >= 0.6 is 11.3 Å². The van der Waals surface area contributed by atoms with Crippen LogP contribution in [0.4, 0.5) is 0 Å². The van der Waals surface area contributed by atoms with Crippen molar-refractivity contribution in [1.82, 2.24) is 0 Å². The van der Waals surface area contributed by atoms with Crippen LogP contribution < -0.4 is 0 Å². The average molecular weight is 352 g/mol. The summed E-state index contributed by atoms with van der Waals surface area (Å²) in [6, 6.07) is 19.2. The lowest BCUT2D eigenvalue weighted by atomic mass is 10.1. The van der Waals surface area contributed by atoms with Crippen LogP contribution in [0.15, 0.2) is 76.5 Å². The Bertz CT molecular complexity index is 1170. The Balaban J connectivity index is 2.02. The highest BCUT2D eigenvalue weighted by Gasteiger charge is 2.22. The van der Waals surface area contributed by atoms with Gasteiger partial charge >= 0.3 is 0 Å². The summed E-state index contributed by atoms with van der Waals surface area (Å²) >= 11 is 1.58. The molecule has 0 fully saturated rings. The lowest BCUT2D eigenvalue weighted by Crippen LogP contribution is -2.02. The molecule has 0 N–H and O–H groups in total. The van der Waals surface area contributed by atoms with Crippen molar-refractivity contribution >= 4 is 47.6 Å². The molecule has 0 aliphatic rings. The van der Waals surface area contributed by atoms with Crippen molar-refractivity contribution in [2.75, 3.05) is 0 Å². The van der Waals surface area contributed by atoms with Crippen LogP contribution in [-0.4, -0.2) is 14.7 Å². The van der Waals surface area contributed by atoms with E-state index in [2.05, 4.69) is 0 Å². The zero-order chi connectivity index (χ0) is 16.7. The van der Waals surface area contributed by atoms with E-state index in [-0.39, 0.29) is 4.90 Å². The van der Waals surface area contributed by atoms with Gasteiger partial charge in [0.05, 0.1) is 9.79 Å². The van der Waals surface area contributed by atoms with Crippen molar-refractivity contribution in [3.05, 3.63) is 72.3 Å². The minimum absolute atomic E-state index is 0.191.